The molecule has 0 aromatic rings. The average Bonchev–Trinajstić information content (AvgIpc) is 2.12. The van der Waals surface area contributed by atoms with E-state index < -0.39 is 40.7 Å². The standard InChI is InChI=1S/C9H14F3NO3S/c10-9(11,12)2-1-8(14)5-7-6-17(15,16)4-3-13-7/h7,13H,1-6H2. The van der Waals surface area contributed by atoms with Gasteiger partial charge in [0.2, 0.25) is 0 Å². The number of halogens is 3. The molecule has 0 amide bonds. The van der Waals surface area contributed by atoms with Crippen LogP contribution < -0.4 is 5.32 Å². The Balaban J connectivity index is 2.36. The van der Waals surface area contributed by atoms with Crippen molar-refractivity contribution in [2.45, 2.75) is 31.5 Å². The molecule has 0 aliphatic carbocycles. The van der Waals surface area contributed by atoms with Gasteiger partial charge in [0.25, 0.3) is 0 Å². The van der Waals surface area contributed by atoms with Gasteiger partial charge in [-0.2, -0.15) is 13.2 Å². The molecule has 17 heavy (non-hydrogen) atoms. The molecule has 1 heterocycles. The van der Waals surface area contributed by atoms with Crippen molar-refractivity contribution in [2.75, 3.05) is 18.1 Å². The number of rotatable bonds is 4. The van der Waals surface area contributed by atoms with E-state index in [9.17, 15) is 26.4 Å². The maximum absolute atomic E-state index is 11.9. The Hall–Kier alpha value is -0.630. The Bertz CT molecular complexity index is 377. The highest BCUT2D eigenvalue weighted by Crippen LogP contribution is 2.22. The third-order valence-corrected chi connectivity index (χ3v) is 4.20. The molecule has 0 radical (unpaired) electrons. The third-order valence-electron chi connectivity index (χ3n) is 2.46. The molecule has 1 aliphatic rings. The first-order valence-corrected chi connectivity index (χ1v) is 7.02. The zero-order chi connectivity index (χ0) is 13.1. The monoisotopic (exact) mass is 273 g/mol. The summed E-state index contributed by atoms with van der Waals surface area (Å²) >= 11 is 0. The fraction of sp³-hybridized carbons (Fsp3) is 0.889. The van der Waals surface area contributed by atoms with Crippen molar-refractivity contribution in [3.05, 3.63) is 0 Å². The largest absolute Gasteiger partial charge is 0.389 e. The molecule has 0 aromatic heterocycles. The second kappa shape index (κ2) is 5.34. The van der Waals surface area contributed by atoms with Crippen molar-refractivity contribution in [1.29, 1.82) is 0 Å². The number of hydrogen-bond donors (Lipinski definition) is 1. The summed E-state index contributed by atoms with van der Waals surface area (Å²) in [6.45, 7) is 0.250. The molecule has 8 heteroatoms. The zero-order valence-corrected chi connectivity index (χ0v) is 9.90. The molecule has 0 bridgehead atoms. The normalized spacial score (nSPS) is 24.5. The van der Waals surface area contributed by atoms with Crippen LogP contribution in [0.2, 0.25) is 0 Å². The van der Waals surface area contributed by atoms with E-state index in [0.717, 1.165) is 0 Å². The predicted molar refractivity (Wildman–Crippen MR) is 55.4 cm³/mol. The summed E-state index contributed by atoms with van der Waals surface area (Å²) < 4.78 is 58.0. The van der Waals surface area contributed by atoms with Gasteiger partial charge in [-0.05, 0) is 0 Å². The van der Waals surface area contributed by atoms with E-state index in [1.807, 2.05) is 0 Å². The molecule has 1 fully saturated rings. The SMILES string of the molecule is O=C(CCC(F)(F)F)CC1CS(=O)(=O)CCN1. The molecule has 0 saturated carbocycles. The molecule has 1 atom stereocenters. The summed E-state index contributed by atoms with van der Waals surface area (Å²) in [5.74, 6) is -0.720. The number of carbonyl (C=O) groups excluding carboxylic acids is 1. The molecule has 1 N–H and O–H groups in total. The second-order valence-corrected chi connectivity index (χ2v) is 6.35. The Morgan fingerprint density at radius 1 is 1.35 bits per heavy atom. The number of hydrogen-bond acceptors (Lipinski definition) is 4. The average molecular weight is 273 g/mol. The summed E-state index contributed by atoms with van der Waals surface area (Å²) in [5, 5.41) is 2.82. The van der Waals surface area contributed by atoms with Crippen LogP contribution in [0.5, 0.6) is 0 Å². The topological polar surface area (TPSA) is 63.2 Å². The highest BCUT2D eigenvalue weighted by atomic mass is 32.2. The maximum Gasteiger partial charge on any atom is 0.389 e. The predicted octanol–water partition coefficient (Wildman–Crippen LogP) is 0.675. The van der Waals surface area contributed by atoms with Gasteiger partial charge in [-0.15, -0.1) is 0 Å². The van der Waals surface area contributed by atoms with Crippen LogP contribution in [-0.2, 0) is 14.6 Å². The Labute approximate surface area is 97.5 Å². The highest BCUT2D eigenvalue weighted by molar-refractivity contribution is 7.91. The second-order valence-electron chi connectivity index (χ2n) is 4.12. The number of sulfone groups is 1. The molecule has 0 spiro atoms. The fourth-order valence-corrected chi connectivity index (χ4v) is 3.10. The number of ketones is 1. The lowest BCUT2D eigenvalue weighted by atomic mass is 10.1. The van der Waals surface area contributed by atoms with Gasteiger partial charge < -0.3 is 5.32 Å². The summed E-state index contributed by atoms with van der Waals surface area (Å²) in [5.41, 5.74) is 0. The van der Waals surface area contributed by atoms with E-state index in [-0.39, 0.29) is 24.5 Å². The van der Waals surface area contributed by atoms with Crippen LogP contribution in [0, 0.1) is 0 Å². The van der Waals surface area contributed by atoms with Crippen LogP contribution in [0.4, 0.5) is 13.2 Å². The minimum absolute atomic E-state index is 0.0141. The summed E-state index contributed by atoms with van der Waals surface area (Å²) in [6.07, 6.45) is -6.23. The molecule has 1 aliphatic heterocycles. The summed E-state index contributed by atoms with van der Waals surface area (Å²) in [6, 6.07) is -0.547. The first-order chi connectivity index (χ1) is 7.68. The Kier molecular flexibility index (Phi) is 4.54. The first-order valence-electron chi connectivity index (χ1n) is 5.20. The fourth-order valence-electron chi connectivity index (χ4n) is 1.66. The first kappa shape index (κ1) is 14.4. The van der Waals surface area contributed by atoms with Crippen molar-refractivity contribution >= 4 is 15.6 Å². The quantitative estimate of drug-likeness (QED) is 0.818. The van der Waals surface area contributed by atoms with Gasteiger partial charge in [-0.25, -0.2) is 8.42 Å². The van der Waals surface area contributed by atoms with E-state index in [4.69, 9.17) is 0 Å². The molecule has 100 valence electrons. The molecular formula is C9H14F3NO3S. The van der Waals surface area contributed by atoms with Gasteiger partial charge in [0, 0.05) is 25.4 Å². The Morgan fingerprint density at radius 3 is 2.53 bits per heavy atom. The lowest BCUT2D eigenvalue weighted by molar-refractivity contribution is -0.143. The van der Waals surface area contributed by atoms with E-state index in [1.165, 1.54) is 0 Å². The van der Waals surface area contributed by atoms with Gasteiger partial charge in [-0.1, -0.05) is 0 Å². The minimum atomic E-state index is -4.35. The molecular weight excluding hydrogens is 259 g/mol. The van der Waals surface area contributed by atoms with Crippen LogP contribution >= 0.6 is 0 Å². The number of carbonyl (C=O) groups is 1. The van der Waals surface area contributed by atoms with Crippen molar-refractivity contribution in [3.8, 4) is 0 Å². The van der Waals surface area contributed by atoms with E-state index >= 15 is 0 Å². The number of alkyl halides is 3. The Morgan fingerprint density at radius 2 is 2.00 bits per heavy atom. The highest BCUT2D eigenvalue weighted by Gasteiger charge is 2.30. The van der Waals surface area contributed by atoms with Crippen molar-refractivity contribution < 1.29 is 26.4 Å². The minimum Gasteiger partial charge on any atom is -0.312 e. The molecule has 0 aromatic carbocycles. The van der Waals surface area contributed by atoms with Gasteiger partial charge in [-0.3, -0.25) is 4.79 Å². The van der Waals surface area contributed by atoms with E-state index in [1.54, 1.807) is 0 Å². The zero-order valence-electron chi connectivity index (χ0n) is 9.09. The van der Waals surface area contributed by atoms with Crippen molar-refractivity contribution in [2.24, 2.45) is 0 Å². The third kappa shape index (κ3) is 6.02. The number of nitrogens with one attached hydrogen (secondary N) is 1. The van der Waals surface area contributed by atoms with Crippen LogP contribution in [-0.4, -0.2) is 44.5 Å². The van der Waals surface area contributed by atoms with Gasteiger partial charge in [0.05, 0.1) is 17.9 Å². The lowest BCUT2D eigenvalue weighted by Crippen LogP contribution is -2.46. The number of Topliss-reactive ketones (excluding diaryl/α,β-unsaturated/α-hetero) is 1. The van der Waals surface area contributed by atoms with Crippen molar-refractivity contribution in [1.82, 2.24) is 5.32 Å². The lowest BCUT2D eigenvalue weighted by Gasteiger charge is -2.23. The molecule has 1 saturated heterocycles. The van der Waals surface area contributed by atoms with Gasteiger partial charge >= 0.3 is 6.18 Å². The smallest absolute Gasteiger partial charge is 0.312 e. The van der Waals surface area contributed by atoms with Crippen molar-refractivity contribution in [3.63, 3.8) is 0 Å². The maximum atomic E-state index is 11.9. The van der Waals surface area contributed by atoms with Crippen LogP contribution in [0.1, 0.15) is 19.3 Å². The summed E-state index contributed by atoms with van der Waals surface area (Å²) in [4.78, 5) is 11.2. The van der Waals surface area contributed by atoms with Crippen LogP contribution in [0.15, 0.2) is 0 Å². The van der Waals surface area contributed by atoms with Gasteiger partial charge in [0.15, 0.2) is 9.84 Å². The molecule has 4 nitrogen and oxygen atoms in total. The molecule has 1 rings (SSSR count). The van der Waals surface area contributed by atoms with E-state index in [2.05, 4.69) is 5.32 Å². The van der Waals surface area contributed by atoms with E-state index in [0.29, 0.717) is 0 Å². The van der Waals surface area contributed by atoms with Gasteiger partial charge in [0.1, 0.15) is 5.78 Å². The van der Waals surface area contributed by atoms with Crippen LogP contribution in [0.25, 0.3) is 0 Å². The summed E-state index contributed by atoms with van der Waals surface area (Å²) in [7, 11) is -3.16. The molecule has 1 unspecified atom stereocenters. The van der Waals surface area contributed by atoms with Crippen LogP contribution in [0.3, 0.4) is 0 Å².